The molecular formula is C12H12Cl6N4OS. The average Bonchev–Trinajstić information content (AvgIpc) is 2.40. The maximum atomic E-state index is 11.8. The summed E-state index contributed by atoms with van der Waals surface area (Å²) >= 11 is 40.7. The predicted molar refractivity (Wildman–Crippen MR) is 107 cm³/mol. The lowest BCUT2D eigenvalue weighted by Crippen LogP contribution is -2.57. The van der Waals surface area contributed by atoms with E-state index in [2.05, 4.69) is 16.0 Å². The van der Waals surface area contributed by atoms with Crippen molar-refractivity contribution >= 4 is 98.7 Å². The molecule has 5 nitrogen and oxygen atoms in total. The van der Waals surface area contributed by atoms with Crippen LogP contribution < -0.4 is 16.0 Å². The van der Waals surface area contributed by atoms with Crippen LogP contribution in [-0.2, 0) is 0 Å². The minimum absolute atomic E-state index is 0.0245. The molecule has 3 N–H and O–H groups in total. The van der Waals surface area contributed by atoms with Gasteiger partial charge in [0.2, 0.25) is 3.79 Å². The fourth-order valence-electron chi connectivity index (χ4n) is 1.39. The number of carbonyl (C=O) groups is 1. The molecule has 1 aromatic carbocycles. The lowest BCUT2D eigenvalue weighted by molar-refractivity contribution is 0.212. The Morgan fingerprint density at radius 1 is 1.12 bits per heavy atom. The summed E-state index contributed by atoms with van der Waals surface area (Å²) in [7, 11) is 3.07. The van der Waals surface area contributed by atoms with Gasteiger partial charge in [-0.2, -0.15) is 0 Å². The molecule has 0 spiro atoms. The van der Waals surface area contributed by atoms with Crippen molar-refractivity contribution in [1.82, 2.24) is 15.5 Å². The van der Waals surface area contributed by atoms with Crippen molar-refractivity contribution in [2.45, 2.75) is 9.96 Å². The molecule has 0 aliphatic rings. The monoisotopic (exact) mass is 470 g/mol. The molecule has 0 aromatic heterocycles. The van der Waals surface area contributed by atoms with Gasteiger partial charge in [0.05, 0.1) is 15.7 Å². The third-order valence-electron chi connectivity index (χ3n) is 2.52. The summed E-state index contributed by atoms with van der Waals surface area (Å²) in [6.07, 6.45) is -1.11. The van der Waals surface area contributed by atoms with Crippen molar-refractivity contribution in [3.05, 3.63) is 27.2 Å². The molecule has 0 aliphatic heterocycles. The molecule has 0 fully saturated rings. The van der Waals surface area contributed by atoms with Gasteiger partial charge in [-0.1, -0.05) is 69.6 Å². The van der Waals surface area contributed by atoms with Crippen LogP contribution in [-0.4, -0.2) is 40.1 Å². The molecule has 1 rings (SSSR count). The Hall–Kier alpha value is -0.0800. The van der Waals surface area contributed by atoms with Gasteiger partial charge in [0.1, 0.15) is 0 Å². The van der Waals surface area contributed by atoms with Gasteiger partial charge in [0.15, 0.2) is 11.3 Å². The van der Waals surface area contributed by atoms with Crippen molar-refractivity contribution in [1.29, 1.82) is 0 Å². The second-order valence-electron chi connectivity index (χ2n) is 4.66. The van der Waals surface area contributed by atoms with E-state index in [-0.39, 0.29) is 15.2 Å². The maximum absolute atomic E-state index is 11.8. The number of rotatable bonds is 3. The van der Waals surface area contributed by atoms with E-state index >= 15 is 0 Å². The van der Waals surface area contributed by atoms with Gasteiger partial charge in [0.25, 0.3) is 0 Å². The van der Waals surface area contributed by atoms with Crippen LogP contribution in [0.4, 0.5) is 10.5 Å². The summed E-state index contributed by atoms with van der Waals surface area (Å²) in [5.74, 6) is 0. The highest BCUT2D eigenvalue weighted by Crippen LogP contribution is 2.34. The predicted octanol–water partition coefficient (Wildman–Crippen LogP) is 4.90. The minimum atomic E-state index is -1.87. The molecular weight excluding hydrogens is 461 g/mol. The van der Waals surface area contributed by atoms with E-state index in [4.69, 9.17) is 81.8 Å². The first-order valence-electron chi connectivity index (χ1n) is 6.18. The van der Waals surface area contributed by atoms with Gasteiger partial charge >= 0.3 is 6.03 Å². The zero-order valence-electron chi connectivity index (χ0n) is 12.3. The molecule has 134 valence electrons. The van der Waals surface area contributed by atoms with Crippen molar-refractivity contribution in [3.8, 4) is 0 Å². The molecule has 24 heavy (non-hydrogen) atoms. The summed E-state index contributed by atoms with van der Waals surface area (Å²) < 4.78 is -1.87. The van der Waals surface area contributed by atoms with Crippen LogP contribution >= 0.6 is 81.8 Å². The quantitative estimate of drug-likeness (QED) is 0.332. The molecule has 0 bridgehead atoms. The van der Waals surface area contributed by atoms with E-state index in [0.29, 0.717) is 10.7 Å². The van der Waals surface area contributed by atoms with E-state index in [0.717, 1.165) is 0 Å². The fraction of sp³-hybridized carbons (Fsp3) is 0.333. The molecule has 1 atom stereocenters. The second kappa shape index (κ2) is 9.03. The van der Waals surface area contributed by atoms with Crippen LogP contribution in [0.15, 0.2) is 12.1 Å². The van der Waals surface area contributed by atoms with Crippen LogP contribution in [0.2, 0.25) is 15.1 Å². The van der Waals surface area contributed by atoms with Crippen LogP contribution in [0.1, 0.15) is 0 Å². The van der Waals surface area contributed by atoms with Crippen molar-refractivity contribution < 1.29 is 4.79 Å². The van der Waals surface area contributed by atoms with Crippen molar-refractivity contribution in [2.24, 2.45) is 0 Å². The molecule has 0 saturated heterocycles. The Morgan fingerprint density at radius 2 is 1.62 bits per heavy atom. The first kappa shape index (κ1) is 22.0. The Morgan fingerprint density at radius 3 is 2.04 bits per heavy atom. The lowest BCUT2D eigenvalue weighted by Gasteiger charge is -2.29. The van der Waals surface area contributed by atoms with Gasteiger partial charge in [0, 0.05) is 19.1 Å². The number of halogens is 6. The SMILES string of the molecule is CN(C)C(=O)NC(NC(=S)Nc1c(Cl)cc(Cl)cc1Cl)C(Cl)(Cl)Cl. The Balaban J connectivity index is 2.88. The smallest absolute Gasteiger partial charge is 0.318 e. The highest BCUT2D eigenvalue weighted by Gasteiger charge is 2.35. The average molecular weight is 473 g/mol. The zero-order chi connectivity index (χ0) is 18.7. The fourth-order valence-corrected chi connectivity index (χ4v) is 2.85. The van der Waals surface area contributed by atoms with E-state index in [1.807, 2.05) is 0 Å². The highest BCUT2D eigenvalue weighted by atomic mass is 35.6. The summed E-state index contributed by atoms with van der Waals surface area (Å²) in [5, 5.41) is 8.81. The largest absolute Gasteiger partial charge is 0.339 e. The number of alkyl halides is 3. The number of hydrogen-bond donors (Lipinski definition) is 3. The van der Waals surface area contributed by atoms with E-state index < -0.39 is 16.0 Å². The van der Waals surface area contributed by atoms with E-state index in [1.54, 1.807) is 0 Å². The number of benzene rings is 1. The normalized spacial score (nSPS) is 12.3. The molecule has 0 saturated carbocycles. The number of urea groups is 1. The van der Waals surface area contributed by atoms with Crippen molar-refractivity contribution in [3.63, 3.8) is 0 Å². The maximum Gasteiger partial charge on any atom is 0.318 e. The standard InChI is InChI=1S/C12H12Cl6N4OS/c1-22(2)11(23)21-9(12(16,17)18)20-10(24)19-8-6(14)3-5(13)4-7(8)15/h3-4,9H,1-2H3,(H,21,23)(H2,19,20,24). The number of nitrogens with one attached hydrogen (secondary N) is 3. The van der Waals surface area contributed by atoms with Crippen LogP contribution in [0.3, 0.4) is 0 Å². The molecule has 0 heterocycles. The van der Waals surface area contributed by atoms with Gasteiger partial charge in [-0.25, -0.2) is 4.79 Å². The molecule has 12 heteroatoms. The number of carbonyl (C=O) groups excluding carboxylic acids is 1. The van der Waals surface area contributed by atoms with Crippen molar-refractivity contribution in [2.75, 3.05) is 19.4 Å². The second-order valence-corrected chi connectivity index (χ2v) is 8.69. The third kappa shape index (κ3) is 6.67. The lowest BCUT2D eigenvalue weighted by atomic mass is 10.3. The first-order chi connectivity index (χ1) is 10.9. The molecule has 1 unspecified atom stereocenters. The molecule has 0 radical (unpaired) electrons. The van der Waals surface area contributed by atoms with Crippen LogP contribution in [0.25, 0.3) is 0 Å². The molecule has 1 aromatic rings. The van der Waals surface area contributed by atoms with Gasteiger partial charge in [-0.05, 0) is 24.4 Å². The topological polar surface area (TPSA) is 56.4 Å². The van der Waals surface area contributed by atoms with Gasteiger partial charge in [-0.3, -0.25) is 0 Å². The number of thiocarbonyl (C=S) groups is 1. The summed E-state index contributed by atoms with van der Waals surface area (Å²) in [5.41, 5.74) is 0.322. The van der Waals surface area contributed by atoms with Gasteiger partial charge < -0.3 is 20.9 Å². The summed E-state index contributed by atoms with van der Waals surface area (Å²) in [6.45, 7) is 0. The molecule has 2 amide bonds. The first-order valence-corrected chi connectivity index (χ1v) is 8.86. The number of nitrogens with zero attached hydrogens (tertiary/aromatic N) is 1. The number of anilines is 1. The highest BCUT2D eigenvalue weighted by molar-refractivity contribution is 7.80. The molecule has 0 aliphatic carbocycles. The number of hydrogen-bond acceptors (Lipinski definition) is 2. The van der Waals surface area contributed by atoms with E-state index in [1.165, 1.54) is 31.1 Å². The van der Waals surface area contributed by atoms with Crippen LogP contribution in [0, 0.1) is 0 Å². The Kier molecular flexibility index (Phi) is 8.26. The Bertz CT molecular complexity index is 613. The van der Waals surface area contributed by atoms with E-state index in [9.17, 15) is 4.79 Å². The Labute approximate surface area is 174 Å². The van der Waals surface area contributed by atoms with Gasteiger partial charge in [-0.15, -0.1) is 0 Å². The number of amides is 2. The zero-order valence-corrected chi connectivity index (χ0v) is 17.6. The third-order valence-corrected chi connectivity index (χ3v) is 4.21. The van der Waals surface area contributed by atoms with Crippen LogP contribution in [0.5, 0.6) is 0 Å². The summed E-state index contributed by atoms with van der Waals surface area (Å²) in [6, 6.07) is 2.49. The minimum Gasteiger partial charge on any atom is -0.339 e. The summed E-state index contributed by atoms with van der Waals surface area (Å²) in [4.78, 5) is 13.0.